The number of carbonyl (C=O) groups is 1. The highest BCUT2D eigenvalue weighted by Crippen LogP contribution is 2.49. The molecule has 2 saturated carbocycles. The Labute approximate surface area is 201 Å². The van der Waals surface area contributed by atoms with Crippen LogP contribution in [0.25, 0.3) is 22.2 Å². The van der Waals surface area contributed by atoms with Gasteiger partial charge in [0.05, 0.1) is 24.0 Å². The SMILES string of the molecule is COC(=O)N(C)c1ccc2c(-c3nc(NC4CCCCC4)ncc3C(F)(F)F)c[nH]c2c1C1CC1. The molecule has 0 spiro atoms. The highest BCUT2D eigenvalue weighted by atomic mass is 19.4. The highest BCUT2D eigenvalue weighted by Gasteiger charge is 2.37. The molecule has 1 aromatic carbocycles. The maximum atomic E-state index is 14.0. The number of nitrogens with one attached hydrogen (secondary N) is 2. The van der Waals surface area contributed by atoms with Crippen LogP contribution < -0.4 is 10.2 Å². The van der Waals surface area contributed by atoms with E-state index in [1.807, 2.05) is 0 Å². The van der Waals surface area contributed by atoms with Crippen LogP contribution in [-0.4, -0.2) is 41.2 Å². The molecule has 7 nitrogen and oxygen atoms in total. The third kappa shape index (κ3) is 4.53. The number of amides is 1. The van der Waals surface area contributed by atoms with Crippen molar-refractivity contribution in [1.29, 1.82) is 0 Å². The van der Waals surface area contributed by atoms with Gasteiger partial charge in [0.15, 0.2) is 0 Å². The summed E-state index contributed by atoms with van der Waals surface area (Å²) in [5, 5.41) is 3.86. The number of carbonyl (C=O) groups excluding carboxylic acids is 1. The zero-order chi connectivity index (χ0) is 24.7. The number of ether oxygens (including phenoxy) is 1. The molecule has 2 heterocycles. The van der Waals surface area contributed by atoms with Gasteiger partial charge in [-0.15, -0.1) is 0 Å². The molecule has 186 valence electrons. The number of hydrogen-bond acceptors (Lipinski definition) is 5. The van der Waals surface area contributed by atoms with Crippen molar-refractivity contribution in [3.05, 3.63) is 35.7 Å². The average molecular weight is 488 g/mol. The smallest absolute Gasteiger partial charge is 0.419 e. The van der Waals surface area contributed by atoms with Crippen LogP contribution >= 0.6 is 0 Å². The van der Waals surface area contributed by atoms with E-state index in [0.29, 0.717) is 22.2 Å². The summed E-state index contributed by atoms with van der Waals surface area (Å²) in [4.78, 5) is 25.1. The van der Waals surface area contributed by atoms with Gasteiger partial charge in [-0.05, 0) is 37.7 Å². The largest absolute Gasteiger partial charge is 0.452 e. The fourth-order valence-corrected chi connectivity index (χ4v) is 5.01. The van der Waals surface area contributed by atoms with Crippen LogP contribution in [0.3, 0.4) is 0 Å². The van der Waals surface area contributed by atoms with Gasteiger partial charge in [-0.2, -0.15) is 13.2 Å². The van der Waals surface area contributed by atoms with E-state index in [1.54, 1.807) is 25.4 Å². The van der Waals surface area contributed by atoms with E-state index in [1.165, 1.54) is 18.4 Å². The van der Waals surface area contributed by atoms with E-state index in [2.05, 4.69) is 20.3 Å². The van der Waals surface area contributed by atoms with Crippen molar-refractivity contribution < 1.29 is 22.7 Å². The van der Waals surface area contributed by atoms with Gasteiger partial charge in [0.2, 0.25) is 5.95 Å². The van der Waals surface area contributed by atoms with E-state index in [9.17, 15) is 18.0 Å². The molecule has 5 rings (SSSR count). The summed E-state index contributed by atoms with van der Waals surface area (Å²) in [6, 6.07) is 3.66. The lowest BCUT2D eigenvalue weighted by Gasteiger charge is -2.23. The Morgan fingerprint density at radius 2 is 1.91 bits per heavy atom. The van der Waals surface area contributed by atoms with Crippen molar-refractivity contribution in [2.75, 3.05) is 24.4 Å². The second kappa shape index (κ2) is 9.05. The Bertz CT molecular complexity index is 1250. The topological polar surface area (TPSA) is 83.1 Å². The van der Waals surface area contributed by atoms with Crippen LogP contribution in [-0.2, 0) is 10.9 Å². The maximum absolute atomic E-state index is 14.0. The molecule has 1 amide bonds. The van der Waals surface area contributed by atoms with Gasteiger partial charge < -0.3 is 15.0 Å². The standard InChI is InChI=1S/C25H28F3N5O2/c1-33(24(34)35-2)19-11-10-16-17(12-29-22(16)20(19)14-8-9-14)21-18(25(26,27)28)13-30-23(32-21)31-15-6-4-3-5-7-15/h10-15,29H,3-9H2,1-2H3,(H,30,31,32). The molecule has 3 aromatic rings. The number of methoxy groups -OCH3 is 1. The molecule has 0 atom stereocenters. The maximum Gasteiger partial charge on any atom is 0.419 e. The number of H-pyrrole nitrogens is 1. The molecule has 0 radical (unpaired) electrons. The van der Waals surface area contributed by atoms with Crippen LogP contribution in [0, 0.1) is 0 Å². The number of rotatable bonds is 5. The van der Waals surface area contributed by atoms with Gasteiger partial charge in [0, 0.05) is 42.0 Å². The first-order valence-electron chi connectivity index (χ1n) is 11.9. The van der Waals surface area contributed by atoms with Gasteiger partial charge in [-0.3, -0.25) is 4.90 Å². The monoisotopic (exact) mass is 487 g/mol. The van der Waals surface area contributed by atoms with Crippen LogP contribution in [0.2, 0.25) is 0 Å². The Hall–Kier alpha value is -3.30. The Kier molecular flexibility index (Phi) is 6.06. The molecule has 2 N–H and O–H groups in total. The summed E-state index contributed by atoms with van der Waals surface area (Å²) < 4.78 is 46.8. The minimum Gasteiger partial charge on any atom is -0.452 e. The number of aromatic nitrogens is 3. The summed E-state index contributed by atoms with van der Waals surface area (Å²) in [6.45, 7) is 0. The van der Waals surface area contributed by atoms with E-state index >= 15 is 0 Å². The summed E-state index contributed by atoms with van der Waals surface area (Å²) >= 11 is 0. The first-order valence-corrected chi connectivity index (χ1v) is 11.9. The number of fused-ring (bicyclic) bond motifs is 1. The Morgan fingerprint density at radius 3 is 2.57 bits per heavy atom. The first kappa shape index (κ1) is 23.4. The zero-order valence-electron chi connectivity index (χ0n) is 19.7. The molecular formula is C25H28F3N5O2. The summed E-state index contributed by atoms with van der Waals surface area (Å²) in [6.07, 6.45) is 4.47. The molecule has 2 aliphatic rings. The number of benzene rings is 1. The number of halogens is 3. The number of anilines is 2. The number of hydrogen-bond donors (Lipinski definition) is 2. The normalized spacial score (nSPS) is 16.9. The van der Waals surface area contributed by atoms with Gasteiger partial charge in [0.25, 0.3) is 0 Å². The second-order valence-electron chi connectivity index (χ2n) is 9.36. The van der Waals surface area contributed by atoms with Crippen molar-refractivity contribution in [3.63, 3.8) is 0 Å². The van der Waals surface area contributed by atoms with Crippen LogP contribution in [0.4, 0.5) is 29.6 Å². The quantitative estimate of drug-likeness (QED) is 0.431. The zero-order valence-corrected chi connectivity index (χ0v) is 19.7. The molecule has 35 heavy (non-hydrogen) atoms. The van der Waals surface area contributed by atoms with Crippen LogP contribution in [0.1, 0.15) is 62.0 Å². The molecule has 10 heteroatoms. The van der Waals surface area contributed by atoms with Crippen molar-refractivity contribution in [1.82, 2.24) is 15.0 Å². The average Bonchev–Trinajstić information content (AvgIpc) is 3.60. The van der Waals surface area contributed by atoms with Gasteiger partial charge >= 0.3 is 12.3 Å². The van der Waals surface area contributed by atoms with Crippen molar-refractivity contribution >= 4 is 28.6 Å². The minimum absolute atomic E-state index is 0.159. The van der Waals surface area contributed by atoms with E-state index < -0.39 is 17.8 Å². The lowest BCUT2D eigenvalue weighted by Crippen LogP contribution is -2.26. The molecule has 2 aromatic heterocycles. The molecule has 0 unspecified atom stereocenters. The van der Waals surface area contributed by atoms with Crippen LogP contribution in [0.15, 0.2) is 24.5 Å². The molecule has 0 saturated heterocycles. The lowest BCUT2D eigenvalue weighted by molar-refractivity contribution is -0.137. The molecular weight excluding hydrogens is 459 g/mol. The summed E-state index contributed by atoms with van der Waals surface area (Å²) in [5.74, 6) is 0.432. The predicted molar refractivity (Wildman–Crippen MR) is 128 cm³/mol. The lowest BCUT2D eigenvalue weighted by atomic mass is 9.96. The van der Waals surface area contributed by atoms with Gasteiger partial charge in [-0.1, -0.05) is 25.3 Å². The Morgan fingerprint density at radius 1 is 1.17 bits per heavy atom. The van der Waals surface area contributed by atoms with Gasteiger partial charge in [-0.25, -0.2) is 14.8 Å². The van der Waals surface area contributed by atoms with E-state index in [4.69, 9.17) is 4.74 Å². The summed E-state index contributed by atoms with van der Waals surface area (Å²) in [5.41, 5.74) is 1.62. The first-order chi connectivity index (χ1) is 16.8. The molecule has 0 aliphatic heterocycles. The van der Waals surface area contributed by atoms with Crippen molar-refractivity contribution in [2.45, 2.75) is 63.1 Å². The van der Waals surface area contributed by atoms with E-state index in [0.717, 1.165) is 50.3 Å². The molecule has 2 aliphatic carbocycles. The third-order valence-corrected chi connectivity index (χ3v) is 6.96. The number of aromatic amines is 1. The second-order valence-corrected chi connectivity index (χ2v) is 9.36. The molecule has 0 bridgehead atoms. The predicted octanol–water partition coefficient (Wildman–Crippen LogP) is 6.47. The van der Waals surface area contributed by atoms with Crippen LogP contribution in [0.5, 0.6) is 0 Å². The van der Waals surface area contributed by atoms with Gasteiger partial charge in [0.1, 0.15) is 5.56 Å². The number of alkyl halides is 3. The van der Waals surface area contributed by atoms with E-state index in [-0.39, 0.29) is 23.6 Å². The summed E-state index contributed by atoms with van der Waals surface area (Å²) in [7, 11) is 2.94. The molecule has 2 fully saturated rings. The highest BCUT2D eigenvalue weighted by molar-refractivity contribution is 6.02. The third-order valence-electron chi connectivity index (χ3n) is 6.96. The fourth-order valence-electron chi connectivity index (χ4n) is 5.01. The van der Waals surface area contributed by atoms with Crippen molar-refractivity contribution in [3.8, 4) is 11.3 Å². The fraction of sp³-hybridized carbons (Fsp3) is 0.480. The van der Waals surface area contributed by atoms with Crippen molar-refractivity contribution in [2.24, 2.45) is 0 Å². The Balaban J connectivity index is 1.61. The number of nitrogens with zero attached hydrogens (tertiary/aromatic N) is 3. The minimum atomic E-state index is -4.60.